The van der Waals surface area contributed by atoms with Crippen molar-refractivity contribution in [2.75, 3.05) is 26.0 Å². The molecule has 114 valence electrons. The average molecular weight is 288 g/mol. The first-order valence-electron chi connectivity index (χ1n) is 7.61. The molecule has 1 N–H and O–H groups in total. The molecule has 4 heteroatoms. The Morgan fingerprint density at radius 3 is 2.57 bits per heavy atom. The molecule has 1 heterocycles. The summed E-state index contributed by atoms with van der Waals surface area (Å²) < 4.78 is 5.82. The van der Waals surface area contributed by atoms with Crippen molar-refractivity contribution in [2.24, 2.45) is 11.3 Å². The Labute approximate surface area is 126 Å². The first-order chi connectivity index (χ1) is 9.91. The maximum atomic E-state index is 11.9. The van der Waals surface area contributed by atoms with Crippen molar-refractivity contribution in [3.8, 4) is 0 Å². The largest absolute Gasteiger partial charge is 0.381 e. The number of carbonyl (C=O) groups excluding carboxylic acids is 1. The van der Waals surface area contributed by atoms with E-state index in [2.05, 4.69) is 19.2 Å². The molecule has 4 nitrogen and oxygen atoms in total. The molecule has 1 aromatic carbocycles. The lowest BCUT2D eigenvalue weighted by atomic mass is 9.57. The van der Waals surface area contributed by atoms with Crippen LogP contribution in [0, 0.1) is 11.3 Å². The second-order valence-corrected chi connectivity index (χ2v) is 6.96. The second kappa shape index (κ2) is 5.02. The molecule has 21 heavy (non-hydrogen) atoms. The third-order valence-corrected chi connectivity index (χ3v) is 4.96. The second-order valence-electron chi connectivity index (χ2n) is 6.96. The van der Waals surface area contributed by atoms with Crippen molar-refractivity contribution in [1.29, 1.82) is 0 Å². The van der Waals surface area contributed by atoms with Crippen LogP contribution >= 0.6 is 0 Å². The SMILES string of the molecule is CN(C)C(=O)c1ccc(NC2C3CCOC3C2(C)C)cc1. The first kappa shape index (κ1) is 14.4. The molecule has 3 atom stereocenters. The van der Waals surface area contributed by atoms with Crippen LogP contribution in [-0.2, 0) is 4.74 Å². The number of hydrogen-bond acceptors (Lipinski definition) is 3. The zero-order valence-corrected chi connectivity index (χ0v) is 13.2. The quantitative estimate of drug-likeness (QED) is 0.929. The summed E-state index contributed by atoms with van der Waals surface area (Å²) in [7, 11) is 3.54. The number of fused-ring (bicyclic) bond motifs is 1. The number of ether oxygens (including phenoxy) is 1. The van der Waals surface area contributed by atoms with Crippen LogP contribution in [0.3, 0.4) is 0 Å². The van der Waals surface area contributed by atoms with Crippen LogP contribution < -0.4 is 5.32 Å². The minimum absolute atomic E-state index is 0.0368. The molecule has 0 aromatic heterocycles. The highest BCUT2D eigenvalue weighted by atomic mass is 16.5. The summed E-state index contributed by atoms with van der Waals surface area (Å²) in [5.41, 5.74) is 1.97. The van der Waals surface area contributed by atoms with E-state index in [9.17, 15) is 4.79 Å². The topological polar surface area (TPSA) is 41.6 Å². The normalized spacial score (nSPS) is 29.4. The molecule has 3 unspecified atom stereocenters. The summed E-state index contributed by atoms with van der Waals surface area (Å²) in [5.74, 6) is 0.651. The number of amides is 1. The van der Waals surface area contributed by atoms with Gasteiger partial charge in [0.15, 0.2) is 0 Å². The van der Waals surface area contributed by atoms with Crippen molar-refractivity contribution in [3.63, 3.8) is 0 Å². The third kappa shape index (κ3) is 2.31. The monoisotopic (exact) mass is 288 g/mol. The molecular formula is C17H24N2O2. The Morgan fingerprint density at radius 1 is 1.29 bits per heavy atom. The van der Waals surface area contributed by atoms with Crippen molar-refractivity contribution in [1.82, 2.24) is 4.90 Å². The molecule has 0 radical (unpaired) electrons. The number of rotatable bonds is 3. The van der Waals surface area contributed by atoms with E-state index in [-0.39, 0.29) is 11.3 Å². The smallest absolute Gasteiger partial charge is 0.253 e. The van der Waals surface area contributed by atoms with E-state index in [1.165, 1.54) is 0 Å². The molecular weight excluding hydrogens is 264 g/mol. The van der Waals surface area contributed by atoms with E-state index in [0.717, 1.165) is 24.3 Å². The fraction of sp³-hybridized carbons (Fsp3) is 0.588. The highest BCUT2D eigenvalue weighted by Crippen LogP contribution is 2.53. The highest BCUT2D eigenvalue weighted by Gasteiger charge is 2.59. The zero-order valence-electron chi connectivity index (χ0n) is 13.2. The highest BCUT2D eigenvalue weighted by molar-refractivity contribution is 5.94. The zero-order chi connectivity index (χ0) is 15.2. The molecule has 2 fully saturated rings. The van der Waals surface area contributed by atoms with Crippen LogP contribution in [0.15, 0.2) is 24.3 Å². The standard InChI is InChI=1S/C17H24N2O2/c1-17(2)14(13-9-10-21-15(13)17)18-12-7-5-11(6-8-12)16(20)19(3)4/h5-8,13-15,18H,9-10H2,1-4H3. The van der Waals surface area contributed by atoms with Gasteiger partial charge < -0.3 is 15.0 Å². The lowest BCUT2D eigenvalue weighted by Crippen LogP contribution is -2.63. The maximum Gasteiger partial charge on any atom is 0.253 e. The lowest BCUT2D eigenvalue weighted by molar-refractivity contribution is -0.0923. The lowest BCUT2D eigenvalue weighted by Gasteiger charge is -2.55. The van der Waals surface area contributed by atoms with Crippen LogP contribution in [-0.4, -0.2) is 43.7 Å². The van der Waals surface area contributed by atoms with Crippen LogP contribution in [0.4, 0.5) is 5.69 Å². The van der Waals surface area contributed by atoms with Gasteiger partial charge in [0.2, 0.25) is 0 Å². The van der Waals surface area contributed by atoms with Crippen molar-refractivity contribution < 1.29 is 9.53 Å². The van der Waals surface area contributed by atoms with Crippen LogP contribution in [0.5, 0.6) is 0 Å². The van der Waals surface area contributed by atoms with Crippen molar-refractivity contribution in [2.45, 2.75) is 32.4 Å². The van der Waals surface area contributed by atoms with Gasteiger partial charge in [0.25, 0.3) is 5.91 Å². The van der Waals surface area contributed by atoms with Crippen LogP contribution in [0.2, 0.25) is 0 Å². The molecule has 1 aliphatic carbocycles. The summed E-state index contributed by atoms with van der Waals surface area (Å²) in [6, 6.07) is 8.21. The van der Waals surface area contributed by atoms with Gasteiger partial charge in [0, 0.05) is 49.3 Å². The molecule has 1 saturated carbocycles. The average Bonchev–Trinajstić information content (AvgIpc) is 2.91. The number of carbonyl (C=O) groups is 1. The Kier molecular flexibility index (Phi) is 3.44. The van der Waals surface area contributed by atoms with Gasteiger partial charge in [-0.15, -0.1) is 0 Å². The number of hydrogen-bond donors (Lipinski definition) is 1. The Balaban J connectivity index is 1.70. The summed E-state index contributed by atoms with van der Waals surface area (Å²) in [6.45, 7) is 5.41. The summed E-state index contributed by atoms with van der Waals surface area (Å²) in [5, 5.41) is 3.63. The third-order valence-electron chi connectivity index (χ3n) is 4.96. The van der Waals surface area contributed by atoms with Gasteiger partial charge in [0.05, 0.1) is 6.10 Å². The van der Waals surface area contributed by atoms with E-state index in [0.29, 0.717) is 18.1 Å². The molecule has 3 rings (SSSR count). The number of anilines is 1. The minimum Gasteiger partial charge on any atom is -0.381 e. The van der Waals surface area contributed by atoms with Gasteiger partial charge in [-0.05, 0) is 30.7 Å². The van der Waals surface area contributed by atoms with E-state index in [1.54, 1.807) is 19.0 Å². The number of benzene rings is 1. The summed E-state index contributed by atoms with van der Waals surface area (Å²) >= 11 is 0. The van der Waals surface area contributed by atoms with Gasteiger partial charge in [0.1, 0.15) is 0 Å². The van der Waals surface area contributed by atoms with Gasteiger partial charge >= 0.3 is 0 Å². The molecule has 1 aliphatic heterocycles. The van der Waals surface area contributed by atoms with E-state index in [4.69, 9.17) is 4.74 Å². The summed E-state index contributed by atoms with van der Waals surface area (Å²) in [4.78, 5) is 13.5. The minimum atomic E-state index is 0.0368. The molecule has 1 saturated heterocycles. The first-order valence-corrected chi connectivity index (χ1v) is 7.61. The Morgan fingerprint density at radius 2 is 1.95 bits per heavy atom. The van der Waals surface area contributed by atoms with Crippen molar-refractivity contribution >= 4 is 11.6 Å². The van der Waals surface area contributed by atoms with E-state index in [1.807, 2.05) is 24.3 Å². The molecule has 0 spiro atoms. The molecule has 2 aliphatic rings. The number of nitrogens with one attached hydrogen (secondary N) is 1. The van der Waals surface area contributed by atoms with Gasteiger partial charge in [-0.3, -0.25) is 4.79 Å². The predicted molar refractivity (Wildman–Crippen MR) is 83.5 cm³/mol. The fourth-order valence-corrected chi connectivity index (χ4v) is 3.76. The number of nitrogens with zero attached hydrogens (tertiary/aromatic N) is 1. The molecule has 1 aromatic rings. The van der Waals surface area contributed by atoms with E-state index >= 15 is 0 Å². The van der Waals surface area contributed by atoms with Crippen molar-refractivity contribution in [3.05, 3.63) is 29.8 Å². The Bertz CT molecular complexity index is 536. The van der Waals surface area contributed by atoms with Crippen LogP contribution in [0.25, 0.3) is 0 Å². The fourth-order valence-electron chi connectivity index (χ4n) is 3.76. The van der Waals surface area contributed by atoms with Gasteiger partial charge in [-0.1, -0.05) is 13.8 Å². The van der Waals surface area contributed by atoms with Gasteiger partial charge in [-0.2, -0.15) is 0 Å². The van der Waals surface area contributed by atoms with Crippen LogP contribution in [0.1, 0.15) is 30.6 Å². The Hall–Kier alpha value is -1.55. The molecule has 1 amide bonds. The predicted octanol–water partition coefficient (Wildman–Crippen LogP) is 2.61. The summed E-state index contributed by atoms with van der Waals surface area (Å²) in [6.07, 6.45) is 1.53. The maximum absolute atomic E-state index is 11.9. The molecule has 0 bridgehead atoms. The van der Waals surface area contributed by atoms with Gasteiger partial charge in [-0.25, -0.2) is 0 Å². The van der Waals surface area contributed by atoms with E-state index < -0.39 is 0 Å².